The smallest absolute Gasteiger partial charge is 0.433 e. The maximum absolute atomic E-state index is 12.7. The summed E-state index contributed by atoms with van der Waals surface area (Å²) < 4.78 is 38.0. The van der Waals surface area contributed by atoms with Gasteiger partial charge in [0.05, 0.1) is 0 Å². The number of piperidine rings is 1. The SMILES string of the molecule is CCN(C(=O)O)C1CCN(c2nccc(C(F)(F)F)n2)CC1. The van der Waals surface area contributed by atoms with Crippen molar-refractivity contribution < 1.29 is 23.1 Å². The second-order valence-electron chi connectivity index (χ2n) is 5.03. The molecule has 0 radical (unpaired) electrons. The normalized spacial score (nSPS) is 16.6. The van der Waals surface area contributed by atoms with E-state index in [1.807, 2.05) is 0 Å². The van der Waals surface area contributed by atoms with E-state index in [-0.39, 0.29) is 12.0 Å². The molecule has 1 aromatic heterocycles. The molecule has 122 valence electrons. The van der Waals surface area contributed by atoms with E-state index in [0.717, 1.165) is 12.3 Å². The summed E-state index contributed by atoms with van der Waals surface area (Å²) in [5.41, 5.74) is -0.972. The van der Waals surface area contributed by atoms with Gasteiger partial charge in [0.2, 0.25) is 5.95 Å². The highest BCUT2D eigenvalue weighted by molar-refractivity contribution is 5.65. The van der Waals surface area contributed by atoms with E-state index < -0.39 is 18.0 Å². The number of carboxylic acid groups (broad SMARTS) is 1. The maximum atomic E-state index is 12.7. The first-order valence-electron chi connectivity index (χ1n) is 6.97. The summed E-state index contributed by atoms with van der Waals surface area (Å²) in [6.07, 6.45) is -3.30. The van der Waals surface area contributed by atoms with Crippen LogP contribution in [0, 0.1) is 0 Å². The average molecular weight is 318 g/mol. The minimum Gasteiger partial charge on any atom is -0.465 e. The van der Waals surface area contributed by atoms with E-state index in [1.165, 1.54) is 4.90 Å². The molecule has 0 saturated carbocycles. The van der Waals surface area contributed by atoms with Gasteiger partial charge in [-0.2, -0.15) is 13.2 Å². The second-order valence-corrected chi connectivity index (χ2v) is 5.03. The number of halogens is 3. The first-order valence-corrected chi connectivity index (χ1v) is 6.97. The van der Waals surface area contributed by atoms with Crippen molar-refractivity contribution in [1.82, 2.24) is 14.9 Å². The molecule has 1 N–H and O–H groups in total. The van der Waals surface area contributed by atoms with Crippen LogP contribution in [0.4, 0.5) is 23.9 Å². The van der Waals surface area contributed by atoms with Crippen LogP contribution in [-0.2, 0) is 6.18 Å². The van der Waals surface area contributed by atoms with Gasteiger partial charge in [-0.05, 0) is 25.8 Å². The van der Waals surface area contributed by atoms with Gasteiger partial charge in [-0.3, -0.25) is 0 Å². The molecular weight excluding hydrogens is 301 g/mol. The van der Waals surface area contributed by atoms with Crippen LogP contribution in [0.5, 0.6) is 0 Å². The van der Waals surface area contributed by atoms with Gasteiger partial charge in [-0.1, -0.05) is 0 Å². The highest BCUT2D eigenvalue weighted by Gasteiger charge is 2.34. The molecule has 0 unspecified atom stereocenters. The average Bonchev–Trinajstić information content (AvgIpc) is 2.47. The number of aromatic nitrogens is 2. The van der Waals surface area contributed by atoms with Crippen LogP contribution in [0.3, 0.4) is 0 Å². The van der Waals surface area contributed by atoms with Crippen molar-refractivity contribution in [3.63, 3.8) is 0 Å². The van der Waals surface area contributed by atoms with Gasteiger partial charge in [0.1, 0.15) is 5.69 Å². The van der Waals surface area contributed by atoms with E-state index in [4.69, 9.17) is 5.11 Å². The monoisotopic (exact) mass is 318 g/mol. The topological polar surface area (TPSA) is 69.6 Å². The van der Waals surface area contributed by atoms with E-state index in [9.17, 15) is 18.0 Å². The molecule has 0 aromatic carbocycles. The van der Waals surface area contributed by atoms with Gasteiger partial charge in [-0.15, -0.1) is 0 Å². The van der Waals surface area contributed by atoms with Crippen LogP contribution in [-0.4, -0.2) is 51.7 Å². The molecule has 9 heteroatoms. The van der Waals surface area contributed by atoms with Crippen LogP contribution in [0.2, 0.25) is 0 Å². The Hall–Kier alpha value is -2.06. The lowest BCUT2D eigenvalue weighted by molar-refractivity contribution is -0.141. The summed E-state index contributed by atoms with van der Waals surface area (Å²) in [6, 6.07) is 0.712. The number of hydrogen-bond donors (Lipinski definition) is 1. The fourth-order valence-electron chi connectivity index (χ4n) is 2.59. The lowest BCUT2D eigenvalue weighted by atomic mass is 10.0. The third-order valence-electron chi connectivity index (χ3n) is 3.71. The van der Waals surface area contributed by atoms with Crippen molar-refractivity contribution in [3.8, 4) is 0 Å². The maximum Gasteiger partial charge on any atom is 0.433 e. The zero-order valence-corrected chi connectivity index (χ0v) is 12.0. The summed E-state index contributed by atoms with van der Waals surface area (Å²) in [5, 5.41) is 9.10. The van der Waals surface area contributed by atoms with Crippen LogP contribution in [0.25, 0.3) is 0 Å². The lowest BCUT2D eigenvalue weighted by Gasteiger charge is -2.36. The molecule has 2 heterocycles. The van der Waals surface area contributed by atoms with Crippen molar-refractivity contribution in [2.24, 2.45) is 0 Å². The molecule has 0 bridgehead atoms. The summed E-state index contributed by atoms with van der Waals surface area (Å²) in [4.78, 5) is 21.5. The highest BCUT2D eigenvalue weighted by atomic mass is 19.4. The van der Waals surface area contributed by atoms with Crippen LogP contribution in [0.1, 0.15) is 25.5 Å². The summed E-state index contributed by atoms with van der Waals surface area (Å²) in [6.45, 7) is 3.00. The van der Waals surface area contributed by atoms with Crippen molar-refractivity contribution in [2.75, 3.05) is 24.5 Å². The Bertz CT molecular complexity index is 530. The lowest BCUT2D eigenvalue weighted by Crippen LogP contribution is -2.47. The number of anilines is 1. The number of carbonyl (C=O) groups is 1. The van der Waals surface area contributed by atoms with Gasteiger partial charge < -0.3 is 14.9 Å². The fourth-order valence-corrected chi connectivity index (χ4v) is 2.59. The molecule has 1 saturated heterocycles. The molecule has 1 aromatic rings. The quantitative estimate of drug-likeness (QED) is 0.927. The zero-order valence-electron chi connectivity index (χ0n) is 12.0. The molecule has 0 spiro atoms. The molecule has 22 heavy (non-hydrogen) atoms. The molecule has 0 atom stereocenters. The summed E-state index contributed by atoms with van der Waals surface area (Å²) in [7, 11) is 0. The standard InChI is InChI=1S/C13H17F3N4O2/c1-2-20(12(21)22)9-4-7-19(8-5-9)11-17-6-3-10(18-11)13(14,15)16/h3,6,9H,2,4-5,7-8H2,1H3,(H,21,22). The first kappa shape index (κ1) is 16.3. The van der Waals surface area contributed by atoms with E-state index in [0.29, 0.717) is 32.5 Å². The Labute approximate surface area is 125 Å². The second kappa shape index (κ2) is 6.37. The fraction of sp³-hybridized carbons (Fsp3) is 0.615. The van der Waals surface area contributed by atoms with Crippen molar-refractivity contribution >= 4 is 12.0 Å². The van der Waals surface area contributed by atoms with Gasteiger partial charge in [0, 0.05) is 31.9 Å². The van der Waals surface area contributed by atoms with E-state index >= 15 is 0 Å². The predicted octanol–water partition coefficient (Wildman–Crippen LogP) is 2.46. The minimum absolute atomic E-state index is 0.0339. The highest BCUT2D eigenvalue weighted by Crippen LogP contribution is 2.29. The summed E-state index contributed by atoms with van der Waals surface area (Å²) in [5.74, 6) is 0.0339. The number of amides is 1. The third kappa shape index (κ3) is 3.58. The van der Waals surface area contributed by atoms with E-state index in [2.05, 4.69) is 9.97 Å². The van der Waals surface area contributed by atoms with Crippen molar-refractivity contribution in [3.05, 3.63) is 18.0 Å². The number of hydrogen-bond acceptors (Lipinski definition) is 4. The molecule has 1 fully saturated rings. The Morgan fingerprint density at radius 3 is 2.59 bits per heavy atom. The van der Waals surface area contributed by atoms with Gasteiger partial charge in [0.15, 0.2) is 0 Å². The van der Waals surface area contributed by atoms with Gasteiger partial charge in [-0.25, -0.2) is 14.8 Å². The van der Waals surface area contributed by atoms with Crippen LogP contribution < -0.4 is 4.90 Å². The first-order chi connectivity index (χ1) is 10.3. The van der Waals surface area contributed by atoms with Gasteiger partial charge in [0.25, 0.3) is 0 Å². The van der Waals surface area contributed by atoms with Crippen LogP contribution in [0.15, 0.2) is 12.3 Å². The molecule has 1 aliphatic rings. The third-order valence-corrected chi connectivity index (χ3v) is 3.71. The number of nitrogens with zero attached hydrogens (tertiary/aromatic N) is 4. The molecule has 1 aliphatic heterocycles. The minimum atomic E-state index is -4.50. The Morgan fingerprint density at radius 2 is 2.09 bits per heavy atom. The molecule has 1 amide bonds. The molecule has 6 nitrogen and oxygen atoms in total. The van der Waals surface area contributed by atoms with Crippen LogP contribution >= 0.6 is 0 Å². The van der Waals surface area contributed by atoms with Crippen molar-refractivity contribution in [2.45, 2.75) is 32.0 Å². The number of rotatable bonds is 3. The van der Waals surface area contributed by atoms with Gasteiger partial charge >= 0.3 is 12.3 Å². The Kier molecular flexibility index (Phi) is 4.72. The summed E-state index contributed by atoms with van der Waals surface area (Å²) >= 11 is 0. The molecular formula is C13H17F3N4O2. The zero-order chi connectivity index (χ0) is 16.3. The Morgan fingerprint density at radius 1 is 1.45 bits per heavy atom. The van der Waals surface area contributed by atoms with E-state index in [1.54, 1.807) is 11.8 Å². The molecule has 2 rings (SSSR count). The van der Waals surface area contributed by atoms with Crippen molar-refractivity contribution in [1.29, 1.82) is 0 Å². The Balaban J connectivity index is 2.04. The largest absolute Gasteiger partial charge is 0.465 e. The predicted molar refractivity (Wildman–Crippen MR) is 72.7 cm³/mol. The molecule has 0 aliphatic carbocycles. The number of alkyl halides is 3.